The van der Waals surface area contributed by atoms with Gasteiger partial charge in [-0.2, -0.15) is 4.98 Å². The van der Waals surface area contributed by atoms with Crippen molar-refractivity contribution >= 4 is 23.9 Å². The first-order valence-corrected chi connectivity index (χ1v) is 9.96. The van der Waals surface area contributed by atoms with Gasteiger partial charge < -0.3 is 18.9 Å². The van der Waals surface area contributed by atoms with Gasteiger partial charge in [0.1, 0.15) is 30.6 Å². The molecule has 1 aliphatic heterocycles. The fourth-order valence-corrected chi connectivity index (χ4v) is 3.54. The topological polar surface area (TPSA) is 106 Å². The van der Waals surface area contributed by atoms with Gasteiger partial charge in [0.15, 0.2) is 5.82 Å². The molecule has 0 saturated carbocycles. The molecule has 1 aromatic heterocycles. The molecule has 30 heavy (non-hydrogen) atoms. The molecule has 0 aliphatic carbocycles. The highest BCUT2D eigenvalue weighted by Crippen LogP contribution is 2.31. The van der Waals surface area contributed by atoms with Crippen molar-refractivity contribution in [2.24, 2.45) is 0 Å². The highest BCUT2D eigenvalue weighted by atomic mass is 32.2. The summed E-state index contributed by atoms with van der Waals surface area (Å²) in [5, 5.41) is 0. The summed E-state index contributed by atoms with van der Waals surface area (Å²) in [6, 6.07) is 6.47. The number of aryl methyl sites for hydroxylation is 1. The lowest BCUT2D eigenvalue weighted by atomic mass is 10.2. The Kier molecular flexibility index (Phi) is 7.06. The number of thioether (sulfide) groups is 1. The molecule has 160 valence electrons. The summed E-state index contributed by atoms with van der Waals surface area (Å²) < 4.78 is 35.3. The van der Waals surface area contributed by atoms with Crippen LogP contribution in [-0.2, 0) is 25.6 Å². The van der Waals surface area contributed by atoms with Gasteiger partial charge in [0.25, 0.3) is 0 Å². The third-order valence-electron chi connectivity index (χ3n) is 4.00. The lowest BCUT2D eigenvalue weighted by Gasteiger charge is -2.15. The number of nitrogens with zero attached hydrogens (tertiary/aromatic N) is 2. The van der Waals surface area contributed by atoms with E-state index in [4.69, 9.17) is 18.9 Å². The fraction of sp³-hybridized carbons (Fsp3) is 0.368. The number of esters is 1. The van der Waals surface area contributed by atoms with Crippen molar-refractivity contribution in [3.8, 4) is 5.75 Å². The fourth-order valence-electron chi connectivity index (χ4n) is 2.55. The van der Waals surface area contributed by atoms with Gasteiger partial charge in [0.2, 0.25) is 0 Å². The summed E-state index contributed by atoms with van der Waals surface area (Å²) in [7, 11) is 0. The Labute approximate surface area is 175 Å². The molecule has 0 radical (unpaired) electrons. The maximum absolute atomic E-state index is 13.7. The minimum absolute atomic E-state index is 0.0190. The average molecular weight is 438 g/mol. The van der Waals surface area contributed by atoms with Crippen molar-refractivity contribution in [1.82, 2.24) is 9.55 Å². The van der Waals surface area contributed by atoms with E-state index in [1.807, 2.05) is 0 Å². The Morgan fingerprint density at radius 1 is 1.30 bits per heavy atom. The van der Waals surface area contributed by atoms with Gasteiger partial charge in [-0.3, -0.25) is 9.36 Å². The second kappa shape index (κ2) is 9.72. The summed E-state index contributed by atoms with van der Waals surface area (Å²) in [6.07, 6.45) is -0.530. The van der Waals surface area contributed by atoms with Crippen LogP contribution in [0.1, 0.15) is 24.4 Å². The molecular formula is C19H19FN2O7S. The minimum atomic E-state index is -0.882. The summed E-state index contributed by atoms with van der Waals surface area (Å²) in [4.78, 5) is 38.2. The molecule has 0 N–H and O–H groups in total. The SMILES string of the molecule is CC(=O)Oc1ccc(COC(=O)OC[C@@H]2O[C@H](n3cc(F)c(C)nc3=O)CS2)cc1. The number of carbonyl (C=O) groups is 2. The lowest BCUT2D eigenvalue weighted by molar-refractivity contribution is -0.131. The molecular weight excluding hydrogens is 419 g/mol. The van der Waals surface area contributed by atoms with E-state index in [2.05, 4.69) is 4.98 Å². The maximum atomic E-state index is 13.7. The second-order valence-electron chi connectivity index (χ2n) is 6.30. The predicted octanol–water partition coefficient (Wildman–Crippen LogP) is 2.56. The Bertz CT molecular complexity index is 980. The molecule has 0 spiro atoms. The van der Waals surface area contributed by atoms with Crippen LogP contribution in [0.4, 0.5) is 9.18 Å². The molecule has 1 fully saturated rings. The zero-order valence-corrected chi connectivity index (χ0v) is 17.0. The van der Waals surface area contributed by atoms with Crippen molar-refractivity contribution in [2.75, 3.05) is 12.4 Å². The number of benzene rings is 1. The van der Waals surface area contributed by atoms with E-state index in [-0.39, 0.29) is 18.9 Å². The van der Waals surface area contributed by atoms with Crippen molar-refractivity contribution < 1.29 is 32.9 Å². The van der Waals surface area contributed by atoms with Crippen LogP contribution in [-0.4, -0.2) is 39.5 Å². The Balaban J connectivity index is 1.43. The highest BCUT2D eigenvalue weighted by molar-refractivity contribution is 8.00. The number of aromatic nitrogens is 2. The van der Waals surface area contributed by atoms with Crippen LogP contribution in [0.15, 0.2) is 35.3 Å². The molecule has 2 heterocycles. The molecule has 11 heteroatoms. The first kappa shape index (κ1) is 21.8. The monoisotopic (exact) mass is 438 g/mol. The smallest absolute Gasteiger partial charge is 0.431 e. The molecule has 0 amide bonds. The van der Waals surface area contributed by atoms with Crippen LogP contribution in [0.2, 0.25) is 0 Å². The average Bonchev–Trinajstić information content (AvgIpc) is 3.17. The van der Waals surface area contributed by atoms with Crippen molar-refractivity contribution in [1.29, 1.82) is 0 Å². The highest BCUT2D eigenvalue weighted by Gasteiger charge is 2.29. The molecule has 0 bridgehead atoms. The lowest BCUT2D eigenvalue weighted by Crippen LogP contribution is -2.30. The standard InChI is InChI=1S/C19H19FN2O7S/c1-11-15(20)7-22(18(24)21-11)16-10-30-17(29-16)9-27-19(25)26-8-13-3-5-14(6-4-13)28-12(2)23/h3-7,16-17H,8-10H2,1-2H3/t16-,17+/m0/s1. The molecule has 1 saturated heterocycles. The second-order valence-corrected chi connectivity index (χ2v) is 7.50. The molecule has 0 unspecified atom stereocenters. The first-order valence-electron chi connectivity index (χ1n) is 8.91. The summed E-state index contributed by atoms with van der Waals surface area (Å²) in [5.74, 6) is -0.263. The van der Waals surface area contributed by atoms with Crippen molar-refractivity contribution in [2.45, 2.75) is 32.1 Å². The van der Waals surface area contributed by atoms with Crippen LogP contribution in [0.5, 0.6) is 5.75 Å². The van der Waals surface area contributed by atoms with Gasteiger partial charge in [0.05, 0.1) is 5.69 Å². The van der Waals surface area contributed by atoms with Crippen LogP contribution in [0, 0.1) is 12.7 Å². The van der Waals surface area contributed by atoms with Crippen LogP contribution in [0.3, 0.4) is 0 Å². The summed E-state index contributed by atoms with van der Waals surface area (Å²) in [6.45, 7) is 2.59. The van der Waals surface area contributed by atoms with Crippen molar-refractivity contribution in [3.63, 3.8) is 0 Å². The van der Waals surface area contributed by atoms with Gasteiger partial charge >= 0.3 is 17.8 Å². The number of ether oxygens (including phenoxy) is 4. The van der Waals surface area contributed by atoms with Gasteiger partial charge in [-0.1, -0.05) is 12.1 Å². The van der Waals surface area contributed by atoms with E-state index in [9.17, 15) is 18.8 Å². The van der Waals surface area contributed by atoms with E-state index in [0.29, 0.717) is 17.1 Å². The van der Waals surface area contributed by atoms with Gasteiger partial charge in [-0.05, 0) is 24.6 Å². The zero-order valence-electron chi connectivity index (χ0n) is 16.2. The number of halogens is 1. The molecule has 9 nitrogen and oxygen atoms in total. The van der Waals surface area contributed by atoms with Crippen molar-refractivity contribution in [3.05, 3.63) is 58.0 Å². The van der Waals surface area contributed by atoms with E-state index in [1.165, 1.54) is 25.6 Å². The van der Waals surface area contributed by atoms with Crippen LogP contribution >= 0.6 is 11.8 Å². The third kappa shape index (κ3) is 5.80. The number of rotatable bonds is 6. The number of hydrogen-bond acceptors (Lipinski definition) is 9. The molecule has 2 aromatic rings. The van der Waals surface area contributed by atoms with E-state index in [1.54, 1.807) is 24.3 Å². The predicted molar refractivity (Wildman–Crippen MR) is 103 cm³/mol. The van der Waals surface area contributed by atoms with Gasteiger partial charge in [-0.25, -0.2) is 14.0 Å². The molecule has 3 rings (SSSR count). The van der Waals surface area contributed by atoms with Gasteiger partial charge in [-0.15, -0.1) is 11.8 Å². The third-order valence-corrected chi connectivity index (χ3v) is 5.10. The van der Waals surface area contributed by atoms with Crippen LogP contribution in [0.25, 0.3) is 0 Å². The van der Waals surface area contributed by atoms with E-state index in [0.717, 1.165) is 10.8 Å². The molecule has 2 atom stereocenters. The Hall–Kier alpha value is -2.92. The molecule has 1 aliphatic rings. The zero-order chi connectivity index (χ0) is 21.7. The van der Waals surface area contributed by atoms with Gasteiger partial charge in [0, 0.05) is 18.9 Å². The quantitative estimate of drug-likeness (QED) is 0.497. The summed E-state index contributed by atoms with van der Waals surface area (Å²) in [5.41, 5.74) is -0.435. The minimum Gasteiger partial charge on any atom is -0.431 e. The Morgan fingerprint density at radius 2 is 2.03 bits per heavy atom. The van der Waals surface area contributed by atoms with E-state index < -0.39 is 35.3 Å². The largest absolute Gasteiger partial charge is 0.508 e. The molecule has 1 aromatic carbocycles. The maximum Gasteiger partial charge on any atom is 0.508 e. The first-order chi connectivity index (χ1) is 14.3. The normalized spacial score (nSPS) is 18.1. The Morgan fingerprint density at radius 3 is 2.73 bits per heavy atom. The van der Waals surface area contributed by atoms with E-state index >= 15 is 0 Å². The van der Waals surface area contributed by atoms with Crippen LogP contribution < -0.4 is 10.4 Å². The summed E-state index contributed by atoms with van der Waals surface area (Å²) >= 11 is 1.32. The number of carbonyl (C=O) groups excluding carboxylic acids is 2. The number of hydrogen-bond donors (Lipinski definition) is 0.